The van der Waals surface area contributed by atoms with Crippen LogP contribution in [0.4, 0.5) is 5.69 Å². The Labute approximate surface area is 127 Å². The molecule has 2 aromatic rings. The van der Waals surface area contributed by atoms with Crippen LogP contribution in [0.15, 0.2) is 48.8 Å². The molecule has 8 heteroatoms. The maximum absolute atomic E-state index is 11.2. The summed E-state index contributed by atoms with van der Waals surface area (Å²) in [6.45, 7) is 0.429. The van der Waals surface area contributed by atoms with Crippen LogP contribution in [0.1, 0.15) is 5.76 Å². The van der Waals surface area contributed by atoms with Crippen molar-refractivity contribution >= 4 is 47.6 Å². The zero-order chi connectivity index (χ0) is 14.0. The van der Waals surface area contributed by atoms with E-state index in [0.717, 1.165) is 4.47 Å². The molecule has 3 N–H and O–H groups in total. The largest absolute Gasteiger partial charge is 0.451 e. The number of hydrogen-bond acceptors (Lipinski definition) is 4. The zero-order valence-electron chi connectivity index (χ0n) is 9.56. The van der Waals surface area contributed by atoms with Gasteiger partial charge in [-0.2, -0.15) is 0 Å². The molecule has 0 radical (unpaired) electrons. The van der Waals surface area contributed by atoms with Gasteiger partial charge in [0.05, 0.1) is 15.9 Å². The van der Waals surface area contributed by atoms with Gasteiger partial charge in [0.15, 0.2) is 4.67 Å². The molecule has 0 atom stereocenters. The minimum Gasteiger partial charge on any atom is -0.451 e. The van der Waals surface area contributed by atoms with Crippen LogP contribution in [0.3, 0.4) is 0 Å². The van der Waals surface area contributed by atoms with Gasteiger partial charge in [-0.15, -0.1) is 0 Å². The maximum atomic E-state index is 11.2. The SMILES string of the molecule is NS(=O)(=O)c1cccc(NCc2cc(Br)c(Br)o2)c1. The van der Waals surface area contributed by atoms with Crippen molar-refractivity contribution in [1.29, 1.82) is 0 Å². The van der Waals surface area contributed by atoms with Gasteiger partial charge < -0.3 is 9.73 Å². The summed E-state index contributed by atoms with van der Waals surface area (Å²) in [7, 11) is -3.69. The van der Waals surface area contributed by atoms with Crippen LogP contribution in [0.25, 0.3) is 0 Å². The Kier molecular flexibility index (Phi) is 4.34. The summed E-state index contributed by atoms with van der Waals surface area (Å²) in [5.41, 5.74) is 0.648. The zero-order valence-corrected chi connectivity index (χ0v) is 13.5. The second kappa shape index (κ2) is 5.66. The van der Waals surface area contributed by atoms with Gasteiger partial charge in [-0.05, 0) is 56.1 Å². The predicted molar refractivity (Wildman–Crippen MR) is 79.2 cm³/mol. The van der Waals surface area contributed by atoms with Crippen LogP contribution in [0.5, 0.6) is 0 Å². The quantitative estimate of drug-likeness (QED) is 0.812. The lowest BCUT2D eigenvalue weighted by Crippen LogP contribution is -2.12. The van der Waals surface area contributed by atoms with E-state index in [1.165, 1.54) is 12.1 Å². The van der Waals surface area contributed by atoms with Crippen LogP contribution in [0, 0.1) is 0 Å². The molecule has 0 saturated heterocycles. The first-order valence-corrected chi connectivity index (χ1v) is 8.30. The third-order valence-corrected chi connectivity index (χ3v) is 4.95. The molecule has 0 bridgehead atoms. The normalized spacial score (nSPS) is 11.5. The van der Waals surface area contributed by atoms with E-state index in [0.29, 0.717) is 22.7 Å². The van der Waals surface area contributed by atoms with Crippen molar-refractivity contribution in [2.24, 2.45) is 5.14 Å². The fraction of sp³-hybridized carbons (Fsp3) is 0.0909. The summed E-state index contributed by atoms with van der Waals surface area (Å²) in [5, 5.41) is 8.13. The third-order valence-electron chi connectivity index (χ3n) is 2.33. The van der Waals surface area contributed by atoms with Crippen molar-refractivity contribution in [2.75, 3.05) is 5.32 Å². The first kappa shape index (κ1) is 14.6. The van der Waals surface area contributed by atoms with Gasteiger partial charge in [0, 0.05) is 5.69 Å². The van der Waals surface area contributed by atoms with E-state index in [2.05, 4.69) is 37.2 Å². The van der Waals surface area contributed by atoms with E-state index < -0.39 is 10.0 Å². The lowest BCUT2D eigenvalue weighted by Gasteiger charge is -2.05. The molecule has 1 aromatic heterocycles. The van der Waals surface area contributed by atoms with Gasteiger partial charge in [-0.1, -0.05) is 6.07 Å². The standard InChI is InChI=1S/C11H10Br2N2O3S/c12-10-5-8(18-11(10)13)6-15-7-2-1-3-9(4-7)19(14,16)17/h1-5,15H,6H2,(H2,14,16,17). The molecule has 1 heterocycles. The summed E-state index contributed by atoms with van der Waals surface area (Å²) in [6.07, 6.45) is 0. The number of rotatable bonds is 4. The summed E-state index contributed by atoms with van der Waals surface area (Å²) in [6, 6.07) is 8.11. The van der Waals surface area contributed by atoms with Crippen molar-refractivity contribution in [3.63, 3.8) is 0 Å². The molecule has 2 rings (SSSR count). The topological polar surface area (TPSA) is 85.3 Å². The molecule has 0 aliphatic carbocycles. The minimum absolute atomic E-state index is 0.0688. The number of primary sulfonamides is 1. The number of nitrogens with two attached hydrogens (primary N) is 1. The van der Waals surface area contributed by atoms with Gasteiger partial charge in [0.1, 0.15) is 5.76 Å². The van der Waals surface area contributed by atoms with E-state index in [1.807, 2.05) is 6.07 Å². The highest BCUT2D eigenvalue weighted by molar-refractivity contribution is 9.13. The first-order valence-electron chi connectivity index (χ1n) is 5.17. The number of furan rings is 1. The van der Waals surface area contributed by atoms with Gasteiger partial charge in [-0.25, -0.2) is 13.6 Å². The molecule has 0 unspecified atom stereocenters. The molecular formula is C11H10Br2N2O3S. The van der Waals surface area contributed by atoms with E-state index in [9.17, 15) is 8.42 Å². The molecule has 1 aromatic carbocycles. The monoisotopic (exact) mass is 408 g/mol. The molecule has 102 valence electrons. The van der Waals surface area contributed by atoms with Crippen molar-refractivity contribution in [3.05, 3.63) is 45.2 Å². The van der Waals surface area contributed by atoms with Crippen LogP contribution in [-0.2, 0) is 16.6 Å². The second-order valence-corrected chi connectivity index (χ2v) is 6.90. The molecule has 0 fully saturated rings. The molecule has 0 spiro atoms. The number of halogens is 2. The third kappa shape index (κ3) is 3.82. The Morgan fingerprint density at radius 2 is 2.00 bits per heavy atom. The highest BCUT2D eigenvalue weighted by atomic mass is 79.9. The van der Waals surface area contributed by atoms with Gasteiger partial charge in [0.2, 0.25) is 10.0 Å². The molecule has 5 nitrogen and oxygen atoms in total. The van der Waals surface area contributed by atoms with Crippen LogP contribution in [0.2, 0.25) is 0 Å². The van der Waals surface area contributed by atoms with Gasteiger partial charge in [-0.3, -0.25) is 0 Å². The van der Waals surface area contributed by atoms with Gasteiger partial charge in [0.25, 0.3) is 0 Å². The summed E-state index contributed by atoms with van der Waals surface area (Å²) in [5.74, 6) is 0.708. The number of anilines is 1. The highest BCUT2D eigenvalue weighted by Crippen LogP contribution is 2.27. The lowest BCUT2D eigenvalue weighted by atomic mass is 10.3. The average molecular weight is 410 g/mol. The Hall–Kier alpha value is -0.830. The molecule has 0 saturated carbocycles. The number of hydrogen-bond donors (Lipinski definition) is 2. The van der Waals surface area contributed by atoms with E-state index >= 15 is 0 Å². The molecule has 0 aliphatic heterocycles. The summed E-state index contributed by atoms with van der Waals surface area (Å²) in [4.78, 5) is 0.0688. The van der Waals surface area contributed by atoms with Crippen molar-refractivity contribution in [1.82, 2.24) is 0 Å². The maximum Gasteiger partial charge on any atom is 0.238 e. The van der Waals surface area contributed by atoms with Crippen LogP contribution >= 0.6 is 31.9 Å². The predicted octanol–water partition coefficient (Wildman–Crippen LogP) is 3.06. The van der Waals surface area contributed by atoms with E-state index in [1.54, 1.807) is 12.1 Å². The molecule has 0 aliphatic rings. The van der Waals surface area contributed by atoms with Gasteiger partial charge >= 0.3 is 0 Å². The van der Waals surface area contributed by atoms with E-state index in [-0.39, 0.29) is 4.90 Å². The molecular weight excluding hydrogens is 400 g/mol. The summed E-state index contributed by atoms with van der Waals surface area (Å²) < 4.78 is 29.3. The fourth-order valence-corrected chi connectivity index (χ4v) is 2.67. The van der Waals surface area contributed by atoms with Crippen molar-refractivity contribution in [3.8, 4) is 0 Å². The number of nitrogens with one attached hydrogen (secondary N) is 1. The molecule has 0 amide bonds. The van der Waals surface area contributed by atoms with Crippen molar-refractivity contribution in [2.45, 2.75) is 11.4 Å². The molecule has 19 heavy (non-hydrogen) atoms. The Morgan fingerprint density at radius 1 is 1.26 bits per heavy atom. The first-order chi connectivity index (χ1) is 8.86. The number of benzene rings is 1. The second-order valence-electron chi connectivity index (χ2n) is 3.76. The summed E-state index contributed by atoms with van der Waals surface area (Å²) >= 11 is 6.56. The Balaban J connectivity index is 2.12. The van der Waals surface area contributed by atoms with E-state index in [4.69, 9.17) is 9.56 Å². The average Bonchev–Trinajstić information content (AvgIpc) is 2.66. The van der Waals surface area contributed by atoms with Crippen LogP contribution in [-0.4, -0.2) is 8.42 Å². The minimum atomic E-state index is -3.69. The lowest BCUT2D eigenvalue weighted by molar-refractivity contribution is 0.494. The fourth-order valence-electron chi connectivity index (χ4n) is 1.45. The highest BCUT2D eigenvalue weighted by Gasteiger charge is 2.09. The van der Waals surface area contributed by atoms with Crippen molar-refractivity contribution < 1.29 is 12.8 Å². The van der Waals surface area contributed by atoms with Crippen LogP contribution < -0.4 is 10.5 Å². The number of sulfonamides is 1. The Morgan fingerprint density at radius 3 is 2.58 bits per heavy atom. The smallest absolute Gasteiger partial charge is 0.238 e. The Bertz CT molecular complexity index is 678.